The average molecular weight is 341 g/mol. The minimum absolute atomic E-state index is 0.589. The molecule has 0 saturated carbocycles. The molecule has 4 aromatic heterocycles. The summed E-state index contributed by atoms with van der Waals surface area (Å²) in [6.07, 6.45) is 7.94. The molecule has 0 bridgehead atoms. The van der Waals surface area contributed by atoms with Crippen LogP contribution in [0.2, 0.25) is 0 Å². The number of fused-ring (bicyclic) bond motifs is 2. The number of hydrogen-bond acceptors (Lipinski definition) is 5. The highest BCUT2D eigenvalue weighted by Crippen LogP contribution is 2.17. The first-order valence-corrected chi connectivity index (χ1v) is 8.39. The maximum absolute atomic E-state index is 4.73. The van der Waals surface area contributed by atoms with Crippen LogP contribution in [0.15, 0.2) is 67.5 Å². The van der Waals surface area contributed by atoms with E-state index >= 15 is 0 Å². The van der Waals surface area contributed by atoms with Crippen LogP contribution >= 0.6 is 0 Å². The van der Waals surface area contributed by atoms with Crippen molar-refractivity contribution < 1.29 is 0 Å². The topological polar surface area (TPSA) is 74.3 Å². The standard InChI is InChI=1S/C19H15N7/c1-2-7-17-15(6-1)23-13-26(17)19-21-11-16-18(24-19)25(12-22-16)10-8-14-5-3-4-9-20-14/h1-7,9,11-13H,8,10H2. The Morgan fingerprint density at radius 2 is 1.69 bits per heavy atom. The summed E-state index contributed by atoms with van der Waals surface area (Å²) in [4.78, 5) is 22.4. The van der Waals surface area contributed by atoms with Gasteiger partial charge >= 0.3 is 0 Å². The molecule has 0 unspecified atom stereocenters. The van der Waals surface area contributed by atoms with Gasteiger partial charge in [0, 0.05) is 24.9 Å². The summed E-state index contributed by atoms with van der Waals surface area (Å²) < 4.78 is 3.93. The highest BCUT2D eigenvalue weighted by Gasteiger charge is 2.11. The van der Waals surface area contributed by atoms with Gasteiger partial charge in [-0.15, -0.1) is 0 Å². The van der Waals surface area contributed by atoms with Gasteiger partial charge < -0.3 is 4.57 Å². The van der Waals surface area contributed by atoms with Crippen LogP contribution in [0.4, 0.5) is 0 Å². The maximum Gasteiger partial charge on any atom is 0.237 e. The van der Waals surface area contributed by atoms with Crippen molar-refractivity contribution in [1.82, 2.24) is 34.1 Å². The van der Waals surface area contributed by atoms with E-state index in [1.165, 1.54) is 0 Å². The molecule has 0 radical (unpaired) electrons. The van der Waals surface area contributed by atoms with E-state index in [-0.39, 0.29) is 0 Å². The second kappa shape index (κ2) is 6.03. The summed E-state index contributed by atoms with van der Waals surface area (Å²) in [6, 6.07) is 13.9. The van der Waals surface area contributed by atoms with E-state index in [1.54, 1.807) is 18.9 Å². The summed E-state index contributed by atoms with van der Waals surface area (Å²) in [5.74, 6) is 0.589. The molecule has 126 valence electrons. The van der Waals surface area contributed by atoms with Crippen molar-refractivity contribution in [3.63, 3.8) is 0 Å². The molecule has 0 aliphatic rings. The molecule has 0 aliphatic heterocycles. The van der Waals surface area contributed by atoms with Crippen LogP contribution in [0.5, 0.6) is 0 Å². The number of rotatable bonds is 4. The Morgan fingerprint density at radius 3 is 2.62 bits per heavy atom. The third-order valence-electron chi connectivity index (χ3n) is 4.35. The molecular formula is C19H15N7. The number of aryl methyl sites for hydroxylation is 2. The second-order valence-corrected chi connectivity index (χ2v) is 5.99. The summed E-state index contributed by atoms with van der Waals surface area (Å²) in [7, 11) is 0. The van der Waals surface area contributed by atoms with Crippen LogP contribution in [-0.4, -0.2) is 34.1 Å². The lowest BCUT2D eigenvalue weighted by Crippen LogP contribution is -2.05. The minimum Gasteiger partial charge on any atom is -0.315 e. The van der Waals surface area contributed by atoms with Crippen LogP contribution in [0.25, 0.3) is 28.1 Å². The third-order valence-corrected chi connectivity index (χ3v) is 4.35. The fourth-order valence-corrected chi connectivity index (χ4v) is 3.03. The van der Waals surface area contributed by atoms with Gasteiger partial charge in [0.15, 0.2) is 5.65 Å². The zero-order valence-corrected chi connectivity index (χ0v) is 13.9. The second-order valence-electron chi connectivity index (χ2n) is 5.99. The van der Waals surface area contributed by atoms with Crippen molar-refractivity contribution in [2.75, 3.05) is 0 Å². The predicted octanol–water partition coefficient (Wildman–Crippen LogP) is 2.80. The first-order valence-electron chi connectivity index (χ1n) is 8.39. The van der Waals surface area contributed by atoms with Gasteiger partial charge in [0.1, 0.15) is 11.8 Å². The van der Waals surface area contributed by atoms with Crippen molar-refractivity contribution in [3.8, 4) is 5.95 Å². The molecule has 0 aliphatic carbocycles. The van der Waals surface area contributed by atoms with Crippen molar-refractivity contribution in [2.45, 2.75) is 13.0 Å². The molecule has 0 spiro atoms. The van der Waals surface area contributed by atoms with E-state index < -0.39 is 0 Å². The lowest BCUT2D eigenvalue weighted by atomic mass is 10.3. The smallest absolute Gasteiger partial charge is 0.237 e. The summed E-state index contributed by atoms with van der Waals surface area (Å²) >= 11 is 0. The molecule has 0 amide bonds. The molecule has 1 aromatic carbocycles. The quantitative estimate of drug-likeness (QED) is 0.502. The monoisotopic (exact) mass is 341 g/mol. The van der Waals surface area contributed by atoms with Gasteiger partial charge in [0.2, 0.25) is 5.95 Å². The van der Waals surface area contributed by atoms with Gasteiger partial charge in [-0.2, -0.15) is 4.98 Å². The van der Waals surface area contributed by atoms with E-state index in [0.29, 0.717) is 5.95 Å². The Labute approximate surface area is 149 Å². The molecule has 4 heterocycles. The molecular weight excluding hydrogens is 326 g/mol. The maximum atomic E-state index is 4.73. The van der Waals surface area contributed by atoms with E-state index in [4.69, 9.17) is 4.98 Å². The normalized spacial score (nSPS) is 11.4. The summed E-state index contributed by atoms with van der Waals surface area (Å²) in [5.41, 5.74) is 4.53. The van der Waals surface area contributed by atoms with E-state index in [1.807, 2.05) is 57.8 Å². The number of pyridine rings is 1. The molecule has 5 aromatic rings. The molecule has 7 nitrogen and oxygen atoms in total. The zero-order valence-electron chi connectivity index (χ0n) is 13.9. The number of nitrogens with zero attached hydrogens (tertiary/aromatic N) is 7. The number of hydrogen-bond donors (Lipinski definition) is 0. The van der Waals surface area contributed by atoms with Gasteiger partial charge in [-0.3, -0.25) is 9.55 Å². The summed E-state index contributed by atoms with van der Waals surface area (Å²) in [5, 5.41) is 0. The SMILES string of the molecule is c1ccc(CCn2cnc3cnc(-n4cnc5ccccc54)nc32)nc1. The van der Waals surface area contributed by atoms with Gasteiger partial charge in [-0.05, 0) is 24.3 Å². The molecule has 0 atom stereocenters. The average Bonchev–Trinajstić information content (AvgIpc) is 3.31. The Kier molecular flexibility index (Phi) is 3.41. The lowest BCUT2D eigenvalue weighted by Gasteiger charge is -2.05. The van der Waals surface area contributed by atoms with Gasteiger partial charge in [-0.1, -0.05) is 18.2 Å². The summed E-state index contributed by atoms with van der Waals surface area (Å²) in [6.45, 7) is 0.759. The lowest BCUT2D eigenvalue weighted by molar-refractivity contribution is 0.696. The molecule has 0 saturated heterocycles. The van der Waals surface area contributed by atoms with Crippen molar-refractivity contribution >= 4 is 22.2 Å². The van der Waals surface area contributed by atoms with E-state index in [2.05, 4.69) is 19.9 Å². The van der Waals surface area contributed by atoms with Crippen LogP contribution < -0.4 is 0 Å². The Bertz CT molecular complexity index is 1190. The Hall–Kier alpha value is -3.61. The van der Waals surface area contributed by atoms with Crippen LogP contribution in [-0.2, 0) is 13.0 Å². The van der Waals surface area contributed by atoms with Crippen LogP contribution in [0, 0.1) is 0 Å². The van der Waals surface area contributed by atoms with E-state index in [0.717, 1.165) is 40.9 Å². The van der Waals surface area contributed by atoms with Gasteiger partial charge in [-0.25, -0.2) is 15.0 Å². The Balaban J connectivity index is 1.53. The van der Waals surface area contributed by atoms with Gasteiger partial charge in [0.05, 0.1) is 23.6 Å². The fraction of sp³-hybridized carbons (Fsp3) is 0.105. The van der Waals surface area contributed by atoms with Crippen molar-refractivity contribution in [1.29, 1.82) is 0 Å². The van der Waals surface area contributed by atoms with Gasteiger partial charge in [0.25, 0.3) is 0 Å². The minimum atomic E-state index is 0.589. The number of benzene rings is 1. The van der Waals surface area contributed by atoms with Crippen molar-refractivity contribution in [2.24, 2.45) is 0 Å². The largest absolute Gasteiger partial charge is 0.315 e. The van der Waals surface area contributed by atoms with Crippen LogP contribution in [0.3, 0.4) is 0 Å². The number of para-hydroxylation sites is 2. The third kappa shape index (κ3) is 2.50. The zero-order chi connectivity index (χ0) is 17.3. The molecule has 7 heteroatoms. The molecule has 26 heavy (non-hydrogen) atoms. The highest BCUT2D eigenvalue weighted by molar-refractivity contribution is 5.77. The number of aromatic nitrogens is 7. The Morgan fingerprint density at radius 1 is 0.808 bits per heavy atom. The molecule has 0 N–H and O–H groups in total. The van der Waals surface area contributed by atoms with E-state index in [9.17, 15) is 0 Å². The number of imidazole rings is 2. The molecule has 5 rings (SSSR count). The predicted molar refractivity (Wildman–Crippen MR) is 97.9 cm³/mol. The first kappa shape index (κ1) is 14.7. The highest BCUT2D eigenvalue weighted by atomic mass is 15.2. The van der Waals surface area contributed by atoms with Crippen molar-refractivity contribution in [3.05, 3.63) is 73.2 Å². The fourth-order valence-electron chi connectivity index (χ4n) is 3.03. The first-order chi connectivity index (χ1) is 12.9. The molecule has 0 fully saturated rings. The van der Waals surface area contributed by atoms with Crippen LogP contribution in [0.1, 0.15) is 5.69 Å².